The van der Waals surface area contributed by atoms with Crippen molar-refractivity contribution in [1.82, 2.24) is 19.9 Å². The van der Waals surface area contributed by atoms with Crippen LogP contribution in [0.3, 0.4) is 0 Å². The maximum atomic E-state index is 13.9. The normalized spacial score (nSPS) is 19.7. The summed E-state index contributed by atoms with van der Waals surface area (Å²) in [5.74, 6) is -0.963. The van der Waals surface area contributed by atoms with E-state index in [1.165, 1.54) is 15.8 Å². The Balaban J connectivity index is 1.55. The average Bonchev–Trinajstić information content (AvgIpc) is 3.23. The van der Waals surface area contributed by atoms with Gasteiger partial charge < -0.3 is 15.4 Å². The van der Waals surface area contributed by atoms with E-state index in [0.717, 1.165) is 5.56 Å². The van der Waals surface area contributed by atoms with Gasteiger partial charge in [-0.05, 0) is 5.56 Å². The van der Waals surface area contributed by atoms with E-state index in [1.54, 1.807) is 0 Å². The predicted molar refractivity (Wildman–Crippen MR) is 89.7 cm³/mol. The molecule has 3 rings (SSSR count). The molecule has 1 saturated heterocycles. The maximum absolute atomic E-state index is 13.9. The number of hydrogen-bond acceptors (Lipinski definition) is 5. The van der Waals surface area contributed by atoms with E-state index in [4.69, 9.17) is 10.5 Å². The first-order chi connectivity index (χ1) is 12.5. The molecule has 1 aromatic heterocycles. The Kier molecular flexibility index (Phi) is 5.57. The molecule has 0 radical (unpaired) electrons. The second-order valence-corrected chi connectivity index (χ2v) is 6.20. The highest BCUT2D eigenvalue weighted by Crippen LogP contribution is 2.22. The number of nitrogens with zero attached hydrogens (tertiary/aromatic N) is 4. The molecule has 0 saturated carbocycles. The minimum absolute atomic E-state index is 0.0234. The molecule has 0 aliphatic carbocycles. The molecule has 9 heteroatoms. The Bertz CT molecular complexity index is 767. The number of halogens is 1. The molecule has 0 bridgehead atoms. The van der Waals surface area contributed by atoms with Gasteiger partial charge >= 0.3 is 0 Å². The van der Waals surface area contributed by atoms with Crippen LogP contribution in [0.15, 0.2) is 36.5 Å². The lowest BCUT2D eigenvalue weighted by molar-refractivity contribution is -0.137. The van der Waals surface area contributed by atoms with Crippen LogP contribution in [-0.4, -0.2) is 57.1 Å². The summed E-state index contributed by atoms with van der Waals surface area (Å²) >= 11 is 0. The summed E-state index contributed by atoms with van der Waals surface area (Å²) in [5.41, 5.74) is 6.13. The summed E-state index contributed by atoms with van der Waals surface area (Å²) in [6.07, 6.45) is 0.496. The molecule has 26 heavy (non-hydrogen) atoms. The van der Waals surface area contributed by atoms with Crippen LogP contribution in [0.4, 0.5) is 4.39 Å². The zero-order chi connectivity index (χ0) is 18.5. The minimum Gasteiger partial charge on any atom is -0.367 e. The van der Waals surface area contributed by atoms with Crippen molar-refractivity contribution in [3.8, 4) is 0 Å². The third-order valence-corrected chi connectivity index (χ3v) is 4.21. The Morgan fingerprint density at radius 3 is 2.77 bits per heavy atom. The molecule has 1 aliphatic heterocycles. The first kappa shape index (κ1) is 18.0. The number of carbonyl (C=O) groups is 2. The van der Waals surface area contributed by atoms with Crippen LogP contribution in [0.5, 0.6) is 0 Å². The molecule has 2 N–H and O–H groups in total. The first-order valence-electron chi connectivity index (χ1n) is 8.28. The fourth-order valence-corrected chi connectivity index (χ4v) is 2.97. The van der Waals surface area contributed by atoms with Crippen molar-refractivity contribution >= 4 is 11.8 Å². The molecule has 2 aromatic rings. The summed E-state index contributed by atoms with van der Waals surface area (Å²) in [7, 11) is 0. The Morgan fingerprint density at radius 1 is 1.31 bits per heavy atom. The lowest BCUT2D eigenvalue weighted by Gasteiger charge is -2.24. The number of nitrogens with two attached hydrogens (primary N) is 1. The summed E-state index contributed by atoms with van der Waals surface area (Å²) < 4.78 is 20.7. The smallest absolute Gasteiger partial charge is 0.270 e. The molecule has 2 amide bonds. The van der Waals surface area contributed by atoms with Gasteiger partial charge in [-0.3, -0.25) is 9.59 Å². The fraction of sp³-hybridized carbons (Fsp3) is 0.412. The van der Waals surface area contributed by atoms with Gasteiger partial charge in [0, 0.05) is 6.42 Å². The second-order valence-electron chi connectivity index (χ2n) is 6.20. The van der Waals surface area contributed by atoms with E-state index in [-0.39, 0.29) is 43.8 Å². The first-order valence-corrected chi connectivity index (χ1v) is 8.28. The van der Waals surface area contributed by atoms with E-state index in [1.807, 2.05) is 30.3 Å². The third kappa shape index (κ3) is 4.42. The zero-order valence-corrected chi connectivity index (χ0v) is 14.1. The molecule has 0 unspecified atom stereocenters. The highest BCUT2D eigenvalue weighted by Gasteiger charge is 2.35. The van der Waals surface area contributed by atoms with Crippen molar-refractivity contribution < 1.29 is 18.7 Å². The molecular weight excluding hydrogens is 341 g/mol. The number of rotatable bonds is 7. The van der Waals surface area contributed by atoms with Crippen molar-refractivity contribution in [3.63, 3.8) is 0 Å². The van der Waals surface area contributed by atoms with Gasteiger partial charge in [0.2, 0.25) is 5.91 Å². The van der Waals surface area contributed by atoms with E-state index in [0.29, 0.717) is 6.61 Å². The number of ether oxygens (including phenoxy) is 1. The standard InChI is InChI=1S/C17H20FN5O3/c18-13-6-14(8-22-9-15(17(19)25)20-21-22)23(7-13)16(24)11-26-10-12-4-2-1-3-5-12/h1-5,9,13-14H,6-8,10-11H2,(H2,19,25)/t13-,14-/m0/s1. The van der Waals surface area contributed by atoms with Gasteiger partial charge in [-0.15, -0.1) is 5.10 Å². The van der Waals surface area contributed by atoms with Crippen LogP contribution in [0.25, 0.3) is 0 Å². The highest BCUT2D eigenvalue weighted by atomic mass is 19.1. The largest absolute Gasteiger partial charge is 0.367 e. The molecule has 2 atom stereocenters. The number of carbonyl (C=O) groups excluding carboxylic acids is 2. The number of likely N-dealkylation sites (tertiary alicyclic amines) is 1. The quantitative estimate of drug-likeness (QED) is 0.775. The molecule has 1 aliphatic rings. The van der Waals surface area contributed by atoms with Gasteiger partial charge in [0.1, 0.15) is 12.8 Å². The van der Waals surface area contributed by atoms with Crippen LogP contribution in [0, 0.1) is 0 Å². The number of alkyl halides is 1. The van der Waals surface area contributed by atoms with E-state index < -0.39 is 12.1 Å². The predicted octanol–water partition coefficient (Wildman–Crippen LogP) is 0.533. The summed E-state index contributed by atoms with van der Waals surface area (Å²) in [6, 6.07) is 9.12. The molecule has 138 valence electrons. The summed E-state index contributed by atoms with van der Waals surface area (Å²) in [5, 5.41) is 7.44. The third-order valence-electron chi connectivity index (χ3n) is 4.21. The molecule has 8 nitrogen and oxygen atoms in total. The van der Waals surface area contributed by atoms with Crippen molar-refractivity contribution in [1.29, 1.82) is 0 Å². The topological polar surface area (TPSA) is 103 Å². The zero-order valence-electron chi connectivity index (χ0n) is 14.1. The van der Waals surface area contributed by atoms with Crippen LogP contribution in [-0.2, 0) is 22.7 Å². The number of hydrogen-bond donors (Lipinski definition) is 1. The molecule has 1 aromatic carbocycles. The number of amides is 2. The summed E-state index contributed by atoms with van der Waals surface area (Å²) in [6.45, 7) is 0.456. The van der Waals surface area contributed by atoms with Crippen LogP contribution in [0.1, 0.15) is 22.5 Å². The lowest BCUT2D eigenvalue weighted by atomic mass is 10.2. The van der Waals surface area contributed by atoms with E-state index >= 15 is 0 Å². The van der Waals surface area contributed by atoms with Gasteiger partial charge in [0.05, 0.1) is 31.9 Å². The molecule has 1 fully saturated rings. The fourth-order valence-electron chi connectivity index (χ4n) is 2.97. The average molecular weight is 361 g/mol. The number of benzene rings is 1. The number of aromatic nitrogens is 3. The van der Waals surface area contributed by atoms with Crippen LogP contribution >= 0.6 is 0 Å². The summed E-state index contributed by atoms with van der Waals surface area (Å²) in [4.78, 5) is 24.9. The van der Waals surface area contributed by atoms with Gasteiger partial charge in [-0.1, -0.05) is 35.5 Å². The maximum Gasteiger partial charge on any atom is 0.270 e. The number of primary amides is 1. The SMILES string of the molecule is NC(=O)c1cn(C[C@@H]2C[C@H](F)CN2C(=O)COCc2ccccc2)nn1. The Morgan fingerprint density at radius 2 is 2.08 bits per heavy atom. The monoisotopic (exact) mass is 361 g/mol. The van der Waals surface area contributed by atoms with Crippen molar-refractivity contribution in [2.24, 2.45) is 5.73 Å². The van der Waals surface area contributed by atoms with Crippen LogP contribution in [0.2, 0.25) is 0 Å². The van der Waals surface area contributed by atoms with Crippen molar-refractivity contribution in [2.75, 3.05) is 13.2 Å². The van der Waals surface area contributed by atoms with E-state index in [2.05, 4.69) is 10.3 Å². The van der Waals surface area contributed by atoms with Gasteiger partial charge in [-0.25, -0.2) is 9.07 Å². The molecular formula is C17H20FN5O3. The lowest BCUT2D eigenvalue weighted by Crippen LogP contribution is -2.40. The molecule has 0 spiro atoms. The van der Waals surface area contributed by atoms with Crippen molar-refractivity contribution in [2.45, 2.75) is 31.8 Å². The Hall–Kier alpha value is -2.81. The van der Waals surface area contributed by atoms with Gasteiger partial charge in [0.15, 0.2) is 5.69 Å². The van der Waals surface area contributed by atoms with Gasteiger partial charge in [-0.2, -0.15) is 0 Å². The van der Waals surface area contributed by atoms with Crippen LogP contribution < -0.4 is 5.73 Å². The van der Waals surface area contributed by atoms with Crippen molar-refractivity contribution in [3.05, 3.63) is 47.8 Å². The molecule has 2 heterocycles. The van der Waals surface area contributed by atoms with Gasteiger partial charge in [0.25, 0.3) is 5.91 Å². The van der Waals surface area contributed by atoms with E-state index in [9.17, 15) is 14.0 Å². The highest BCUT2D eigenvalue weighted by molar-refractivity contribution is 5.90. The Labute approximate surface area is 149 Å². The minimum atomic E-state index is -1.10. The second kappa shape index (κ2) is 8.05.